The fraction of sp³-hybridized carbons (Fsp3) is 0.222. The second kappa shape index (κ2) is 6.74. The number of unbranched alkanes of at least 4 members (excludes halogenated alkanes) is 1. The van der Waals surface area contributed by atoms with E-state index in [2.05, 4.69) is 17.1 Å². The highest BCUT2D eigenvalue weighted by Crippen LogP contribution is 2.35. The first-order chi connectivity index (χ1) is 10.7. The predicted molar refractivity (Wildman–Crippen MR) is 95.7 cm³/mol. The Morgan fingerprint density at radius 3 is 2.59 bits per heavy atom. The molecule has 0 aliphatic carbocycles. The lowest BCUT2D eigenvalue weighted by atomic mass is 10.0. The first-order valence-corrected chi connectivity index (χ1v) is 8.21. The standard InChI is InChI=1S/C18H18Cl2N2/c19-13-6-3-5-12(11-13)17-14(7-1-2-10-21)15-8-4-9-16(20)18(15)22-17/h3-6,8-9,11,22H,1-2,7,10,21H2. The normalized spacial score (nSPS) is 11.2. The zero-order valence-electron chi connectivity index (χ0n) is 12.2. The first kappa shape index (κ1) is 15.4. The van der Waals surface area contributed by atoms with Gasteiger partial charge in [0.15, 0.2) is 0 Å². The lowest BCUT2D eigenvalue weighted by molar-refractivity contribution is 0.748. The van der Waals surface area contributed by atoms with E-state index in [1.54, 1.807) is 0 Å². The molecular weight excluding hydrogens is 315 g/mol. The minimum absolute atomic E-state index is 0.718. The van der Waals surface area contributed by atoms with Crippen LogP contribution in [0.1, 0.15) is 18.4 Å². The van der Waals surface area contributed by atoms with Crippen molar-refractivity contribution in [3.8, 4) is 11.3 Å². The van der Waals surface area contributed by atoms with Gasteiger partial charge in [0.25, 0.3) is 0 Å². The number of aromatic amines is 1. The molecule has 3 aromatic rings. The van der Waals surface area contributed by atoms with Crippen molar-refractivity contribution in [2.24, 2.45) is 5.73 Å². The third kappa shape index (κ3) is 3.00. The Balaban J connectivity index is 2.15. The molecule has 0 saturated heterocycles. The van der Waals surface area contributed by atoms with Crippen molar-refractivity contribution in [3.05, 3.63) is 58.1 Å². The zero-order valence-corrected chi connectivity index (χ0v) is 13.7. The maximum Gasteiger partial charge on any atom is 0.0651 e. The number of H-pyrrole nitrogens is 1. The van der Waals surface area contributed by atoms with Crippen molar-refractivity contribution in [3.63, 3.8) is 0 Å². The van der Waals surface area contributed by atoms with Crippen molar-refractivity contribution in [2.45, 2.75) is 19.3 Å². The molecule has 0 atom stereocenters. The number of rotatable bonds is 5. The van der Waals surface area contributed by atoms with Gasteiger partial charge in [0.05, 0.1) is 10.5 Å². The number of nitrogens with one attached hydrogen (secondary N) is 1. The highest BCUT2D eigenvalue weighted by Gasteiger charge is 2.14. The number of nitrogens with two attached hydrogens (primary N) is 1. The molecule has 0 fully saturated rings. The van der Waals surface area contributed by atoms with Gasteiger partial charge in [0.1, 0.15) is 0 Å². The van der Waals surface area contributed by atoms with Crippen molar-refractivity contribution in [2.75, 3.05) is 6.54 Å². The van der Waals surface area contributed by atoms with E-state index >= 15 is 0 Å². The second-order valence-corrected chi connectivity index (χ2v) is 6.24. The predicted octanol–water partition coefficient (Wildman–Crippen LogP) is 5.42. The summed E-state index contributed by atoms with van der Waals surface area (Å²) in [6, 6.07) is 13.9. The summed E-state index contributed by atoms with van der Waals surface area (Å²) in [4.78, 5) is 3.48. The Morgan fingerprint density at radius 1 is 1.00 bits per heavy atom. The van der Waals surface area contributed by atoms with Gasteiger partial charge in [-0.25, -0.2) is 0 Å². The summed E-state index contributed by atoms with van der Waals surface area (Å²) in [5.41, 5.74) is 10.1. The van der Waals surface area contributed by atoms with Crippen LogP contribution in [-0.2, 0) is 6.42 Å². The summed E-state index contributed by atoms with van der Waals surface area (Å²) in [6.07, 6.45) is 3.05. The van der Waals surface area contributed by atoms with Gasteiger partial charge in [0, 0.05) is 16.1 Å². The topological polar surface area (TPSA) is 41.8 Å². The molecule has 0 aliphatic rings. The van der Waals surface area contributed by atoms with Crippen LogP contribution in [0, 0.1) is 0 Å². The van der Waals surface area contributed by atoms with E-state index in [4.69, 9.17) is 28.9 Å². The number of hydrogen-bond donors (Lipinski definition) is 2. The molecule has 0 unspecified atom stereocenters. The van der Waals surface area contributed by atoms with Crippen LogP contribution in [-0.4, -0.2) is 11.5 Å². The summed E-state index contributed by atoms with van der Waals surface area (Å²) in [7, 11) is 0. The third-order valence-electron chi connectivity index (χ3n) is 3.88. The van der Waals surface area contributed by atoms with E-state index in [1.165, 1.54) is 10.9 Å². The monoisotopic (exact) mass is 332 g/mol. The lowest BCUT2D eigenvalue weighted by Gasteiger charge is -2.05. The number of benzene rings is 2. The molecule has 22 heavy (non-hydrogen) atoms. The number of aryl methyl sites for hydroxylation is 1. The average Bonchev–Trinajstić information content (AvgIpc) is 2.88. The molecule has 1 aromatic heterocycles. The van der Waals surface area contributed by atoms with Gasteiger partial charge in [0.2, 0.25) is 0 Å². The van der Waals surface area contributed by atoms with Crippen LogP contribution in [0.3, 0.4) is 0 Å². The van der Waals surface area contributed by atoms with Gasteiger partial charge < -0.3 is 10.7 Å². The molecular formula is C18H18Cl2N2. The first-order valence-electron chi connectivity index (χ1n) is 7.46. The Morgan fingerprint density at radius 2 is 1.82 bits per heavy atom. The fourth-order valence-electron chi connectivity index (χ4n) is 2.83. The quantitative estimate of drug-likeness (QED) is 0.601. The number of hydrogen-bond acceptors (Lipinski definition) is 1. The van der Waals surface area contributed by atoms with Crippen molar-refractivity contribution >= 4 is 34.1 Å². The Kier molecular flexibility index (Phi) is 4.72. The van der Waals surface area contributed by atoms with Crippen molar-refractivity contribution < 1.29 is 0 Å². The van der Waals surface area contributed by atoms with Gasteiger partial charge in [-0.15, -0.1) is 0 Å². The minimum atomic E-state index is 0.718. The molecule has 0 bridgehead atoms. The van der Waals surface area contributed by atoms with Crippen LogP contribution in [0.25, 0.3) is 22.2 Å². The summed E-state index contributed by atoms with van der Waals surface area (Å²) in [6.45, 7) is 0.718. The summed E-state index contributed by atoms with van der Waals surface area (Å²) >= 11 is 12.5. The molecule has 2 aromatic carbocycles. The van der Waals surface area contributed by atoms with Crippen LogP contribution < -0.4 is 5.73 Å². The summed E-state index contributed by atoms with van der Waals surface area (Å²) in [5.74, 6) is 0. The summed E-state index contributed by atoms with van der Waals surface area (Å²) < 4.78 is 0. The smallest absolute Gasteiger partial charge is 0.0651 e. The molecule has 3 rings (SSSR count). The Labute approximate surface area is 140 Å². The van der Waals surface area contributed by atoms with Crippen molar-refractivity contribution in [1.29, 1.82) is 0 Å². The van der Waals surface area contributed by atoms with Gasteiger partial charge in [-0.05, 0) is 55.1 Å². The van der Waals surface area contributed by atoms with Crippen LogP contribution in [0.5, 0.6) is 0 Å². The number of para-hydroxylation sites is 1. The van der Waals surface area contributed by atoms with Gasteiger partial charge >= 0.3 is 0 Å². The molecule has 114 valence electrons. The minimum Gasteiger partial charge on any atom is -0.353 e. The fourth-order valence-corrected chi connectivity index (χ4v) is 3.25. The molecule has 0 radical (unpaired) electrons. The second-order valence-electron chi connectivity index (χ2n) is 5.40. The van der Waals surface area contributed by atoms with Crippen LogP contribution in [0.2, 0.25) is 10.0 Å². The van der Waals surface area contributed by atoms with Crippen LogP contribution >= 0.6 is 23.2 Å². The van der Waals surface area contributed by atoms with Crippen molar-refractivity contribution in [1.82, 2.24) is 4.98 Å². The van der Waals surface area contributed by atoms with Gasteiger partial charge in [-0.1, -0.05) is 47.5 Å². The van der Waals surface area contributed by atoms with E-state index in [1.807, 2.05) is 30.3 Å². The zero-order chi connectivity index (χ0) is 15.5. The molecule has 3 N–H and O–H groups in total. The van der Waals surface area contributed by atoms with Gasteiger partial charge in [-0.2, -0.15) is 0 Å². The van der Waals surface area contributed by atoms with E-state index in [0.717, 1.165) is 52.6 Å². The lowest BCUT2D eigenvalue weighted by Crippen LogP contribution is -1.99. The number of fused-ring (bicyclic) bond motifs is 1. The highest BCUT2D eigenvalue weighted by atomic mass is 35.5. The van der Waals surface area contributed by atoms with Crippen LogP contribution in [0.15, 0.2) is 42.5 Å². The molecule has 0 amide bonds. The maximum absolute atomic E-state index is 6.35. The van der Waals surface area contributed by atoms with Crippen LogP contribution in [0.4, 0.5) is 0 Å². The number of aromatic nitrogens is 1. The molecule has 0 spiro atoms. The molecule has 1 heterocycles. The average molecular weight is 333 g/mol. The van der Waals surface area contributed by atoms with Gasteiger partial charge in [-0.3, -0.25) is 0 Å². The highest BCUT2D eigenvalue weighted by molar-refractivity contribution is 6.35. The molecule has 0 aliphatic heterocycles. The Bertz CT molecular complexity index is 793. The van der Waals surface area contributed by atoms with E-state index in [-0.39, 0.29) is 0 Å². The summed E-state index contributed by atoms with van der Waals surface area (Å²) in [5, 5.41) is 2.65. The number of halogens is 2. The molecule has 0 saturated carbocycles. The van der Waals surface area contributed by atoms with E-state index in [9.17, 15) is 0 Å². The third-order valence-corrected chi connectivity index (χ3v) is 4.43. The molecule has 2 nitrogen and oxygen atoms in total. The molecule has 4 heteroatoms. The van der Waals surface area contributed by atoms with E-state index in [0.29, 0.717) is 0 Å². The largest absolute Gasteiger partial charge is 0.353 e. The van der Waals surface area contributed by atoms with E-state index < -0.39 is 0 Å². The Hall–Kier alpha value is -1.48. The maximum atomic E-state index is 6.35. The SMILES string of the molecule is NCCCCc1c(-c2cccc(Cl)c2)[nH]c2c(Cl)cccc12.